The number of nitrogens with one attached hydrogen (secondary N) is 1. The lowest BCUT2D eigenvalue weighted by Gasteiger charge is -2.30. The van der Waals surface area contributed by atoms with Crippen LogP contribution in [0.5, 0.6) is 5.75 Å². The van der Waals surface area contributed by atoms with Crippen LogP contribution in [0, 0.1) is 0 Å². The van der Waals surface area contributed by atoms with Crippen molar-refractivity contribution in [2.75, 3.05) is 18.5 Å². The normalized spacial score (nSPS) is 17.3. The SMILES string of the molecule is CCCCCCCCCCCCOc1ccc(Cl)cc1NC(=O)C(C(=O)C1CC=NN1Cc1ccccc1)N1C(=O)C(OCC)N(Cc2ccccc2)C1=O. The van der Waals surface area contributed by atoms with Crippen LogP contribution in [-0.2, 0) is 32.2 Å². The third-order valence-corrected chi connectivity index (χ3v) is 10.1. The number of nitrogens with zero attached hydrogens (tertiary/aromatic N) is 4. The van der Waals surface area contributed by atoms with E-state index in [2.05, 4.69) is 17.3 Å². The molecule has 1 fully saturated rings. The van der Waals surface area contributed by atoms with E-state index < -0.39 is 41.9 Å². The number of carbonyl (C=O) groups is 4. The number of carbonyl (C=O) groups excluding carboxylic acids is 4. The largest absolute Gasteiger partial charge is 0.491 e. The fourth-order valence-electron chi connectivity index (χ4n) is 6.97. The summed E-state index contributed by atoms with van der Waals surface area (Å²) in [6.07, 6.45) is 12.3. The van der Waals surface area contributed by atoms with E-state index in [1.165, 1.54) is 55.9 Å². The van der Waals surface area contributed by atoms with Crippen molar-refractivity contribution in [3.8, 4) is 5.75 Å². The maximum atomic E-state index is 14.7. The van der Waals surface area contributed by atoms with Crippen molar-refractivity contribution in [1.29, 1.82) is 0 Å². The number of hydrazone groups is 1. The third kappa shape index (κ3) is 11.4. The Balaban J connectivity index is 1.35. The predicted molar refractivity (Wildman–Crippen MR) is 215 cm³/mol. The predicted octanol–water partition coefficient (Wildman–Crippen LogP) is 8.60. The zero-order chi connectivity index (χ0) is 39.0. The fraction of sp³-hybridized carbons (Fsp3) is 0.465. The number of imide groups is 1. The van der Waals surface area contributed by atoms with Crippen LogP contribution in [0.4, 0.5) is 10.5 Å². The highest BCUT2D eigenvalue weighted by molar-refractivity contribution is 6.31. The molecule has 4 amide bonds. The van der Waals surface area contributed by atoms with Crippen LogP contribution in [0.25, 0.3) is 0 Å². The van der Waals surface area contributed by atoms with Gasteiger partial charge in [0.15, 0.2) is 11.8 Å². The first-order valence-corrected chi connectivity index (χ1v) is 20.1. The number of anilines is 1. The lowest BCUT2D eigenvalue weighted by Crippen LogP contribution is -2.57. The van der Waals surface area contributed by atoms with Crippen LogP contribution in [0.1, 0.15) is 95.6 Å². The summed E-state index contributed by atoms with van der Waals surface area (Å²) in [5, 5.41) is 9.17. The van der Waals surface area contributed by atoms with Gasteiger partial charge < -0.3 is 14.8 Å². The zero-order valence-corrected chi connectivity index (χ0v) is 32.8. The molecular weight excluding hydrogens is 718 g/mol. The second-order valence-electron chi connectivity index (χ2n) is 14.0. The molecule has 0 bridgehead atoms. The van der Waals surface area contributed by atoms with Gasteiger partial charge in [-0.05, 0) is 42.7 Å². The van der Waals surface area contributed by atoms with Crippen LogP contribution in [0.2, 0.25) is 5.02 Å². The van der Waals surface area contributed by atoms with Crippen LogP contribution in [0.3, 0.4) is 0 Å². The molecule has 55 heavy (non-hydrogen) atoms. The summed E-state index contributed by atoms with van der Waals surface area (Å²) in [6.45, 7) is 4.81. The van der Waals surface area contributed by atoms with Crippen molar-refractivity contribution in [2.45, 2.75) is 116 Å². The molecule has 2 heterocycles. The maximum absolute atomic E-state index is 14.7. The van der Waals surface area contributed by atoms with Crippen LogP contribution in [-0.4, -0.2) is 76.2 Å². The highest BCUT2D eigenvalue weighted by atomic mass is 35.5. The molecule has 0 spiro atoms. The Kier molecular flexibility index (Phi) is 16.1. The molecule has 12 heteroatoms. The molecule has 5 rings (SSSR count). The monoisotopic (exact) mass is 771 g/mol. The van der Waals surface area contributed by atoms with Crippen molar-refractivity contribution < 1.29 is 28.7 Å². The molecule has 2 aliphatic rings. The second-order valence-corrected chi connectivity index (χ2v) is 14.4. The zero-order valence-electron chi connectivity index (χ0n) is 32.0. The topological polar surface area (TPSA) is 121 Å². The number of ether oxygens (including phenoxy) is 2. The summed E-state index contributed by atoms with van der Waals surface area (Å²) < 4.78 is 11.9. The summed E-state index contributed by atoms with van der Waals surface area (Å²) in [5.74, 6) is -1.96. The van der Waals surface area contributed by atoms with E-state index in [0.717, 1.165) is 35.3 Å². The summed E-state index contributed by atoms with van der Waals surface area (Å²) in [7, 11) is 0. The van der Waals surface area contributed by atoms with E-state index in [-0.39, 0.29) is 31.8 Å². The number of halogens is 1. The lowest BCUT2D eigenvalue weighted by atomic mass is 10.00. The second kappa shape index (κ2) is 21.4. The Hall–Kier alpha value is -4.74. The number of Topliss-reactive ketones (excluding diaryl/α,β-unsaturated/α-hetero) is 1. The summed E-state index contributed by atoms with van der Waals surface area (Å²) in [6, 6.07) is 19.9. The van der Waals surface area contributed by atoms with Gasteiger partial charge in [0, 0.05) is 24.3 Å². The van der Waals surface area contributed by atoms with Gasteiger partial charge >= 0.3 is 6.03 Å². The smallest absolute Gasteiger partial charge is 0.330 e. The van der Waals surface area contributed by atoms with Gasteiger partial charge in [-0.1, -0.05) is 137 Å². The van der Waals surface area contributed by atoms with Gasteiger partial charge in [0.25, 0.3) is 11.8 Å². The standard InChI is InChI=1S/C43H54ClN5O6/c1-3-5-6-7-8-9-10-11-12-19-28-55-37-25-24-34(44)29-35(37)46-40(51)38(39(50)36-26-27-45-48(36)31-33-22-17-14-18-23-33)49-41(52)42(54-4-2)47(43(49)53)30-32-20-15-13-16-21-32/h13-18,20-25,27,29,36,38,42H,3-12,19,26,28,30-31H2,1-2H3,(H,46,51). The van der Waals surface area contributed by atoms with Gasteiger partial charge in [-0.2, -0.15) is 5.10 Å². The molecule has 0 aliphatic carbocycles. The van der Waals surface area contributed by atoms with E-state index in [1.54, 1.807) is 30.3 Å². The highest BCUT2D eigenvalue weighted by Crippen LogP contribution is 2.31. The van der Waals surface area contributed by atoms with E-state index >= 15 is 0 Å². The Morgan fingerprint density at radius 2 is 1.45 bits per heavy atom. The van der Waals surface area contributed by atoms with Gasteiger partial charge in [0.05, 0.1) is 25.4 Å². The van der Waals surface area contributed by atoms with E-state index in [0.29, 0.717) is 17.4 Å². The average Bonchev–Trinajstić information content (AvgIpc) is 3.74. The molecule has 1 saturated heterocycles. The van der Waals surface area contributed by atoms with E-state index in [1.807, 2.05) is 60.7 Å². The molecule has 0 aromatic heterocycles. The van der Waals surface area contributed by atoms with Gasteiger partial charge in [0.2, 0.25) is 6.23 Å². The number of amides is 4. The molecule has 0 radical (unpaired) electrons. The van der Waals surface area contributed by atoms with Gasteiger partial charge in [-0.25, -0.2) is 9.69 Å². The van der Waals surface area contributed by atoms with Crippen molar-refractivity contribution in [1.82, 2.24) is 14.8 Å². The molecule has 0 saturated carbocycles. The molecule has 3 aromatic rings. The Bertz CT molecular complexity index is 1740. The average molecular weight is 772 g/mol. The number of ketones is 1. The molecule has 3 atom stereocenters. The van der Waals surface area contributed by atoms with Gasteiger partial charge in [-0.3, -0.25) is 24.3 Å². The fourth-order valence-corrected chi connectivity index (χ4v) is 7.14. The van der Waals surface area contributed by atoms with Crippen LogP contribution < -0.4 is 10.1 Å². The summed E-state index contributed by atoms with van der Waals surface area (Å²) in [4.78, 5) is 59.6. The number of rotatable bonds is 23. The van der Waals surface area contributed by atoms with Crippen molar-refractivity contribution in [2.24, 2.45) is 5.10 Å². The molecule has 294 valence electrons. The minimum absolute atomic E-state index is 0.0347. The summed E-state index contributed by atoms with van der Waals surface area (Å²) >= 11 is 6.40. The first-order valence-electron chi connectivity index (χ1n) is 19.7. The molecule has 3 unspecified atom stereocenters. The first-order chi connectivity index (χ1) is 26.8. The third-order valence-electron chi connectivity index (χ3n) is 9.87. The van der Waals surface area contributed by atoms with Gasteiger partial charge in [-0.15, -0.1) is 0 Å². The lowest BCUT2D eigenvalue weighted by molar-refractivity contribution is -0.149. The highest BCUT2D eigenvalue weighted by Gasteiger charge is 2.54. The Labute approximate surface area is 330 Å². The van der Waals surface area contributed by atoms with Gasteiger partial charge in [0.1, 0.15) is 11.8 Å². The van der Waals surface area contributed by atoms with Crippen molar-refractivity contribution in [3.05, 3.63) is 95.0 Å². The van der Waals surface area contributed by atoms with Crippen molar-refractivity contribution >= 4 is 47.1 Å². The van der Waals surface area contributed by atoms with E-state index in [9.17, 15) is 19.2 Å². The molecule has 1 N–H and O–H groups in total. The molecular formula is C43H54ClN5O6. The number of hydrogen-bond donors (Lipinski definition) is 1. The Morgan fingerprint density at radius 3 is 2.09 bits per heavy atom. The number of unbranched alkanes of at least 4 members (excludes halogenated alkanes) is 9. The van der Waals surface area contributed by atoms with E-state index in [4.69, 9.17) is 21.1 Å². The summed E-state index contributed by atoms with van der Waals surface area (Å²) in [5.41, 5.74) is 1.89. The minimum atomic E-state index is -1.84. The quantitative estimate of drug-likeness (QED) is 0.0583. The molecule has 2 aliphatic heterocycles. The first kappa shape index (κ1) is 41.4. The Morgan fingerprint density at radius 1 is 0.836 bits per heavy atom. The maximum Gasteiger partial charge on any atom is 0.330 e. The number of benzene rings is 3. The van der Waals surface area contributed by atoms with Crippen LogP contribution in [0.15, 0.2) is 84.0 Å². The van der Waals surface area contributed by atoms with Crippen molar-refractivity contribution in [3.63, 3.8) is 0 Å². The number of urea groups is 1. The van der Waals surface area contributed by atoms with Crippen LogP contribution >= 0.6 is 11.6 Å². The molecule has 11 nitrogen and oxygen atoms in total. The molecule has 3 aromatic carbocycles. The number of hydrogen-bond acceptors (Lipinski definition) is 8. The minimum Gasteiger partial charge on any atom is -0.491 e.